The molecule has 0 heterocycles. The van der Waals surface area contributed by atoms with Crippen LogP contribution in [0.4, 0.5) is 9.59 Å². The fourth-order valence-corrected chi connectivity index (χ4v) is 5.00. The second-order valence-corrected chi connectivity index (χ2v) is 15.9. The van der Waals surface area contributed by atoms with Crippen LogP contribution < -0.4 is 0 Å². The molecule has 2 amide bonds. The van der Waals surface area contributed by atoms with Crippen molar-refractivity contribution >= 4 is 22.3 Å². The van der Waals surface area contributed by atoms with E-state index in [4.69, 9.17) is 61.0 Å². The van der Waals surface area contributed by atoms with E-state index in [1.165, 1.54) is 12.1 Å². The SMILES string of the molecule is Cc1ccc(S(=O)(=O)OCCOCCOCCOCCOCCOCCOCCOCCOCCOCCOCCN(C(=O)OC(C)(C)C)C(=O)OC(C)(C)C)cc1. The van der Waals surface area contributed by atoms with E-state index in [1.54, 1.807) is 53.7 Å². The number of benzene rings is 1. The minimum Gasteiger partial charge on any atom is -0.443 e. The average molecular weight is 856 g/mol. The third-order valence-electron chi connectivity index (χ3n) is 6.81. The van der Waals surface area contributed by atoms with E-state index in [9.17, 15) is 18.0 Å². The second-order valence-electron chi connectivity index (χ2n) is 14.3. The van der Waals surface area contributed by atoms with Crippen LogP contribution >= 0.6 is 0 Å². The molecule has 58 heavy (non-hydrogen) atoms. The Hall–Kier alpha value is -2.53. The van der Waals surface area contributed by atoms with E-state index in [2.05, 4.69) is 0 Å². The van der Waals surface area contributed by atoms with Crippen LogP contribution in [0.1, 0.15) is 47.1 Å². The van der Waals surface area contributed by atoms with Gasteiger partial charge in [0.1, 0.15) is 11.2 Å². The molecule has 0 aromatic heterocycles. The Morgan fingerprint density at radius 2 is 0.707 bits per heavy atom. The molecule has 0 radical (unpaired) electrons. The monoisotopic (exact) mass is 855 g/mol. The first-order valence-electron chi connectivity index (χ1n) is 19.6. The summed E-state index contributed by atoms with van der Waals surface area (Å²) in [5.74, 6) is 0. The van der Waals surface area contributed by atoms with Gasteiger partial charge in [0, 0.05) is 0 Å². The molecule has 0 saturated heterocycles. The zero-order chi connectivity index (χ0) is 43.0. The van der Waals surface area contributed by atoms with Crippen molar-refractivity contribution in [1.29, 1.82) is 0 Å². The number of hydrogen-bond acceptors (Lipinski definition) is 17. The summed E-state index contributed by atoms with van der Waals surface area (Å²) >= 11 is 0. The predicted molar refractivity (Wildman–Crippen MR) is 212 cm³/mol. The van der Waals surface area contributed by atoms with Crippen LogP contribution in [0.2, 0.25) is 0 Å². The molecule has 1 rings (SSSR count). The maximum Gasteiger partial charge on any atom is 0.419 e. The normalized spacial score (nSPS) is 12.2. The van der Waals surface area contributed by atoms with Gasteiger partial charge in [-0.2, -0.15) is 8.42 Å². The molecule has 1 aromatic rings. The zero-order valence-corrected chi connectivity index (χ0v) is 36.5. The second kappa shape index (κ2) is 32.3. The van der Waals surface area contributed by atoms with Gasteiger partial charge in [0.15, 0.2) is 0 Å². The first kappa shape index (κ1) is 53.5. The summed E-state index contributed by atoms with van der Waals surface area (Å²) in [5.41, 5.74) is -0.556. The lowest BCUT2D eigenvalue weighted by atomic mass is 10.2. The standard InChI is InChI=1S/C39H69NO17S/c1-34-8-10-35(11-9-34)58(43,44)55-33-32-54-31-30-53-29-28-52-27-26-51-25-24-50-23-22-49-21-20-48-19-18-47-17-16-46-15-14-45-13-12-40(36(41)56-38(2,3)4)37(42)57-39(5,6)7/h8-11H,12-33H2,1-7H3. The molecule has 0 aliphatic rings. The van der Waals surface area contributed by atoms with Crippen molar-refractivity contribution in [2.24, 2.45) is 0 Å². The first-order chi connectivity index (χ1) is 27.6. The summed E-state index contributed by atoms with van der Waals surface area (Å²) in [7, 11) is -3.79. The fraction of sp³-hybridized carbons (Fsp3) is 0.795. The number of ether oxygens (including phenoxy) is 12. The van der Waals surface area contributed by atoms with Gasteiger partial charge in [-0.25, -0.2) is 14.5 Å². The highest BCUT2D eigenvalue weighted by atomic mass is 32.2. The highest BCUT2D eigenvalue weighted by Gasteiger charge is 2.31. The van der Waals surface area contributed by atoms with Gasteiger partial charge in [0.25, 0.3) is 10.1 Å². The summed E-state index contributed by atoms with van der Waals surface area (Å²) in [4.78, 5) is 26.0. The van der Waals surface area contributed by atoms with E-state index >= 15 is 0 Å². The number of hydrogen-bond donors (Lipinski definition) is 0. The van der Waals surface area contributed by atoms with E-state index in [0.717, 1.165) is 10.5 Å². The summed E-state index contributed by atoms with van der Waals surface area (Å²) < 4.78 is 94.4. The number of aryl methyl sites for hydroxylation is 1. The smallest absolute Gasteiger partial charge is 0.419 e. The lowest BCUT2D eigenvalue weighted by Gasteiger charge is -2.28. The van der Waals surface area contributed by atoms with Crippen LogP contribution in [0.5, 0.6) is 0 Å². The predicted octanol–water partition coefficient (Wildman–Crippen LogP) is 4.04. The number of nitrogens with zero attached hydrogens (tertiary/aromatic N) is 1. The molecule has 0 aliphatic carbocycles. The Bertz CT molecular complexity index is 1260. The van der Waals surface area contributed by atoms with Gasteiger partial charge >= 0.3 is 12.2 Å². The minimum absolute atomic E-state index is 0.0197. The molecule has 0 spiro atoms. The summed E-state index contributed by atoms with van der Waals surface area (Å²) in [6, 6.07) is 6.46. The molecular formula is C39H69NO17S. The van der Waals surface area contributed by atoms with Gasteiger partial charge in [0.2, 0.25) is 0 Å². The topological polar surface area (TPSA) is 192 Å². The molecule has 0 saturated carbocycles. The third kappa shape index (κ3) is 31.4. The Kier molecular flexibility index (Phi) is 29.8. The molecule has 0 atom stereocenters. The average Bonchev–Trinajstić information content (AvgIpc) is 3.13. The van der Waals surface area contributed by atoms with Crippen molar-refractivity contribution < 1.29 is 79.0 Å². The van der Waals surface area contributed by atoms with Crippen molar-refractivity contribution in [3.63, 3.8) is 0 Å². The number of rotatable bonds is 35. The van der Waals surface area contributed by atoms with Gasteiger partial charge in [-0.3, -0.25) is 4.18 Å². The van der Waals surface area contributed by atoms with E-state index in [-0.39, 0.29) is 37.9 Å². The van der Waals surface area contributed by atoms with Crippen molar-refractivity contribution in [3.8, 4) is 0 Å². The Balaban J connectivity index is 1.80. The maximum absolute atomic E-state index is 12.5. The van der Waals surface area contributed by atoms with E-state index in [0.29, 0.717) is 112 Å². The van der Waals surface area contributed by atoms with E-state index < -0.39 is 33.5 Å². The molecular weight excluding hydrogens is 786 g/mol. The van der Waals surface area contributed by atoms with Crippen molar-refractivity contribution in [2.45, 2.75) is 64.6 Å². The van der Waals surface area contributed by atoms with Crippen LogP contribution in [-0.4, -0.2) is 182 Å². The van der Waals surface area contributed by atoms with Gasteiger partial charge < -0.3 is 56.8 Å². The lowest BCUT2D eigenvalue weighted by Crippen LogP contribution is -2.45. The largest absolute Gasteiger partial charge is 0.443 e. The number of amides is 2. The lowest BCUT2D eigenvalue weighted by molar-refractivity contribution is -0.0274. The van der Waals surface area contributed by atoms with Crippen LogP contribution in [0.15, 0.2) is 29.2 Å². The highest BCUT2D eigenvalue weighted by molar-refractivity contribution is 7.86. The minimum atomic E-state index is -3.79. The number of carbonyl (C=O) groups excluding carboxylic acids is 2. The molecule has 18 nitrogen and oxygen atoms in total. The molecule has 0 aliphatic heterocycles. The van der Waals surface area contributed by atoms with E-state index in [1.807, 2.05) is 6.92 Å². The van der Waals surface area contributed by atoms with Crippen LogP contribution in [-0.2, 0) is 71.1 Å². The van der Waals surface area contributed by atoms with Gasteiger partial charge in [0.05, 0.1) is 150 Å². The number of carbonyl (C=O) groups is 2. The fourth-order valence-electron chi connectivity index (χ4n) is 4.10. The van der Waals surface area contributed by atoms with Crippen LogP contribution in [0.25, 0.3) is 0 Å². The Morgan fingerprint density at radius 1 is 0.448 bits per heavy atom. The summed E-state index contributed by atoms with van der Waals surface area (Å²) in [6.07, 6.45) is -1.59. The van der Waals surface area contributed by atoms with Gasteiger partial charge in [-0.1, -0.05) is 17.7 Å². The maximum atomic E-state index is 12.5. The molecule has 19 heteroatoms. The van der Waals surface area contributed by atoms with Crippen molar-refractivity contribution in [1.82, 2.24) is 4.90 Å². The molecule has 0 N–H and O–H groups in total. The van der Waals surface area contributed by atoms with Gasteiger partial charge in [-0.05, 0) is 60.6 Å². The van der Waals surface area contributed by atoms with Crippen molar-refractivity contribution in [3.05, 3.63) is 29.8 Å². The highest BCUT2D eigenvalue weighted by Crippen LogP contribution is 2.15. The molecule has 1 aromatic carbocycles. The Labute approximate surface area is 345 Å². The van der Waals surface area contributed by atoms with Gasteiger partial charge in [-0.15, -0.1) is 0 Å². The van der Waals surface area contributed by atoms with Crippen LogP contribution in [0, 0.1) is 6.92 Å². The first-order valence-corrected chi connectivity index (χ1v) is 21.0. The molecule has 0 unspecified atom stereocenters. The third-order valence-corrected chi connectivity index (χ3v) is 8.14. The molecule has 0 fully saturated rings. The zero-order valence-electron chi connectivity index (χ0n) is 35.7. The van der Waals surface area contributed by atoms with Crippen molar-refractivity contribution in [2.75, 3.05) is 145 Å². The molecule has 0 bridgehead atoms. The summed E-state index contributed by atoms with van der Waals surface area (Å²) in [5, 5.41) is 0. The number of imide groups is 1. The Morgan fingerprint density at radius 3 is 0.983 bits per heavy atom. The summed E-state index contributed by atoms with van der Waals surface area (Å²) in [6.45, 7) is 19.6. The van der Waals surface area contributed by atoms with Crippen LogP contribution in [0.3, 0.4) is 0 Å². The molecule has 338 valence electrons. The quantitative estimate of drug-likeness (QED) is 0.0701.